The number of para-hydroxylation sites is 1. The Morgan fingerprint density at radius 2 is 2.28 bits per heavy atom. The molecule has 1 aromatic rings. The number of nitrogens with zero attached hydrogens (tertiary/aromatic N) is 2. The molecule has 0 bridgehead atoms. The van der Waals surface area contributed by atoms with E-state index in [4.69, 9.17) is 22.1 Å². The van der Waals surface area contributed by atoms with Crippen molar-refractivity contribution in [3.63, 3.8) is 0 Å². The van der Waals surface area contributed by atoms with Crippen LogP contribution in [0.5, 0.6) is 0 Å². The largest absolute Gasteiger partial charge is 0.376 e. The van der Waals surface area contributed by atoms with Crippen molar-refractivity contribution >= 4 is 23.2 Å². The van der Waals surface area contributed by atoms with Crippen molar-refractivity contribution in [2.24, 2.45) is 10.7 Å². The van der Waals surface area contributed by atoms with Gasteiger partial charge in [0.25, 0.3) is 0 Å². The first-order chi connectivity index (χ1) is 8.65. The zero-order chi connectivity index (χ0) is 12.8. The number of nitrogens with two attached hydrogens (primary N) is 1. The number of benzene rings is 1. The molecule has 2 aliphatic rings. The molecule has 2 N–H and O–H groups in total. The van der Waals surface area contributed by atoms with Gasteiger partial charge in [-0.1, -0.05) is 23.7 Å². The molecule has 4 nitrogen and oxygen atoms in total. The summed E-state index contributed by atoms with van der Waals surface area (Å²) in [6, 6.07) is 7.72. The third-order valence-corrected chi connectivity index (χ3v) is 4.26. The second kappa shape index (κ2) is 4.14. The molecule has 1 spiro atoms. The zero-order valence-electron chi connectivity index (χ0n) is 10.3. The van der Waals surface area contributed by atoms with Crippen LogP contribution in [-0.2, 0) is 4.74 Å². The Balaban J connectivity index is 2.08. The van der Waals surface area contributed by atoms with Gasteiger partial charge in [-0.05, 0) is 25.5 Å². The van der Waals surface area contributed by atoms with Gasteiger partial charge in [0, 0.05) is 6.61 Å². The van der Waals surface area contributed by atoms with Crippen molar-refractivity contribution in [3.05, 3.63) is 29.3 Å². The van der Waals surface area contributed by atoms with E-state index in [0.29, 0.717) is 17.5 Å². The quantitative estimate of drug-likeness (QED) is 0.845. The normalized spacial score (nSPS) is 31.1. The summed E-state index contributed by atoms with van der Waals surface area (Å²) in [6.07, 6.45) is 1.02. The van der Waals surface area contributed by atoms with E-state index in [-0.39, 0.29) is 11.6 Å². The average molecular weight is 266 g/mol. The van der Waals surface area contributed by atoms with Gasteiger partial charge in [-0.15, -0.1) is 0 Å². The molecule has 0 saturated carbocycles. The summed E-state index contributed by atoms with van der Waals surface area (Å²) >= 11 is 6.29. The fourth-order valence-electron chi connectivity index (χ4n) is 2.86. The first kappa shape index (κ1) is 11.8. The highest BCUT2D eigenvalue weighted by molar-refractivity contribution is 6.34. The fraction of sp³-hybridized carbons (Fsp3) is 0.462. The summed E-state index contributed by atoms with van der Waals surface area (Å²) in [5.41, 5.74) is 6.80. The van der Waals surface area contributed by atoms with Gasteiger partial charge in [-0.2, -0.15) is 0 Å². The molecule has 2 heterocycles. The Bertz CT molecular complexity index is 505. The molecule has 1 saturated heterocycles. The van der Waals surface area contributed by atoms with Crippen molar-refractivity contribution in [2.75, 3.05) is 18.1 Å². The number of halogens is 1. The van der Waals surface area contributed by atoms with Crippen LogP contribution in [-0.4, -0.2) is 30.8 Å². The second-order valence-corrected chi connectivity index (χ2v) is 5.24. The highest BCUT2D eigenvalue weighted by Crippen LogP contribution is 2.41. The minimum absolute atomic E-state index is 0.0959. The van der Waals surface area contributed by atoms with Crippen molar-refractivity contribution < 1.29 is 4.74 Å². The van der Waals surface area contributed by atoms with Gasteiger partial charge >= 0.3 is 0 Å². The van der Waals surface area contributed by atoms with E-state index < -0.39 is 0 Å². The summed E-state index contributed by atoms with van der Waals surface area (Å²) < 4.78 is 5.72. The van der Waals surface area contributed by atoms with E-state index in [1.165, 1.54) is 0 Å². The minimum atomic E-state index is -0.172. The number of hydrogen-bond acceptors (Lipinski definition) is 4. The first-order valence-electron chi connectivity index (χ1n) is 6.11. The van der Waals surface area contributed by atoms with E-state index >= 15 is 0 Å². The van der Waals surface area contributed by atoms with E-state index in [0.717, 1.165) is 18.7 Å². The van der Waals surface area contributed by atoms with Crippen LogP contribution in [0.2, 0.25) is 5.02 Å². The standard InChI is InChI=1S/C13H16ClN3O/c1-9-13(6-7-18-9)8-16-12(15)17(13)11-5-3-2-4-10(11)14/h2-5,9H,6-8H2,1H3,(H2,15,16). The van der Waals surface area contributed by atoms with E-state index in [2.05, 4.69) is 11.9 Å². The van der Waals surface area contributed by atoms with Crippen LogP contribution in [0, 0.1) is 0 Å². The van der Waals surface area contributed by atoms with Crippen molar-refractivity contribution in [1.29, 1.82) is 0 Å². The van der Waals surface area contributed by atoms with Crippen LogP contribution < -0.4 is 10.6 Å². The van der Waals surface area contributed by atoms with Gasteiger partial charge in [0.15, 0.2) is 5.96 Å². The Labute approximate surface area is 111 Å². The summed E-state index contributed by atoms with van der Waals surface area (Å²) in [5, 5.41) is 0.691. The van der Waals surface area contributed by atoms with Crippen LogP contribution in [0.15, 0.2) is 29.3 Å². The van der Waals surface area contributed by atoms with E-state index in [1.54, 1.807) is 0 Å². The van der Waals surface area contributed by atoms with Gasteiger partial charge in [0.1, 0.15) is 0 Å². The summed E-state index contributed by atoms with van der Waals surface area (Å²) in [6.45, 7) is 3.49. The van der Waals surface area contributed by atoms with Gasteiger partial charge in [0.05, 0.1) is 28.9 Å². The zero-order valence-corrected chi connectivity index (χ0v) is 11.0. The Hall–Kier alpha value is -1.26. The molecule has 1 fully saturated rings. The molecule has 0 radical (unpaired) electrons. The number of hydrogen-bond donors (Lipinski definition) is 1. The number of rotatable bonds is 1. The predicted molar refractivity (Wildman–Crippen MR) is 73.2 cm³/mol. The molecule has 18 heavy (non-hydrogen) atoms. The lowest BCUT2D eigenvalue weighted by Crippen LogP contribution is -2.56. The van der Waals surface area contributed by atoms with Crippen LogP contribution in [0.3, 0.4) is 0 Å². The molecule has 2 aliphatic heterocycles. The molecule has 2 unspecified atom stereocenters. The van der Waals surface area contributed by atoms with Gasteiger partial charge in [-0.25, -0.2) is 0 Å². The first-order valence-corrected chi connectivity index (χ1v) is 6.49. The molecule has 3 rings (SSSR count). The van der Waals surface area contributed by atoms with Crippen LogP contribution in [0.25, 0.3) is 0 Å². The number of ether oxygens (including phenoxy) is 1. The fourth-order valence-corrected chi connectivity index (χ4v) is 3.08. The SMILES string of the molecule is CC1OCCC12CN=C(N)N2c1ccccc1Cl. The Morgan fingerprint density at radius 3 is 2.94 bits per heavy atom. The molecular weight excluding hydrogens is 250 g/mol. The summed E-state index contributed by atoms with van der Waals surface area (Å²) in [5.74, 6) is 0.528. The Kier molecular flexibility index (Phi) is 2.72. The maximum atomic E-state index is 6.29. The lowest BCUT2D eigenvalue weighted by molar-refractivity contribution is 0.100. The van der Waals surface area contributed by atoms with Gasteiger partial charge in [-0.3, -0.25) is 4.99 Å². The van der Waals surface area contributed by atoms with Gasteiger partial charge < -0.3 is 15.4 Å². The summed E-state index contributed by atoms with van der Waals surface area (Å²) in [4.78, 5) is 6.45. The van der Waals surface area contributed by atoms with Crippen molar-refractivity contribution in [1.82, 2.24) is 0 Å². The van der Waals surface area contributed by atoms with Crippen LogP contribution in [0.1, 0.15) is 13.3 Å². The molecule has 96 valence electrons. The van der Waals surface area contributed by atoms with E-state index in [1.807, 2.05) is 29.2 Å². The molecule has 0 aromatic heterocycles. The Morgan fingerprint density at radius 1 is 1.50 bits per heavy atom. The van der Waals surface area contributed by atoms with Crippen LogP contribution >= 0.6 is 11.6 Å². The molecule has 0 aliphatic carbocycles. The van der Waals surface area contributed by atoms with Crippen molar-refractivity contribution in [3.8, 4) is 0 Å². The highest BCUT2D eigenvalue weighted by atomic mass is 35.5. The molecule has 5 heteroatoms. The summed E-state index contributed by atoms with van der Waals surface area (Å²) in [7, 11) is 0. The maximum Gasteiger partial charge on any atom is 0.196 e. The number of anilines is 1. The monoisotopic (exact) mass is 265 g/mol. The lowest BCUT2D eigenvalue weighted by atomic mass is 9.90. The highest BCUT2D eigenvalue weighted by Gasteiger charge is 2.51. The lowest BCUT2D eigenvalue weighted by Gasteiger charge is -2.38. The minimum Gasteiger partial charge on any atom is -0.376 e. The average Bonchev–Trinajstić information content (AvgIpc) is 2.87. The molecule has 2 atom stereocenters. The topological polar surface area (TPSA) is 50.9 Å². The molecule has 1 aromatic carbocycles. The molecular formula is C13H16ClN3O. The van der Waals surface area contributed by atoms with Crippen molar-refractivity contribution in [2.45, 2.75) is 25.0 Å². The number of aliphatic imine (C=N–C) groups is 1. The third-order valence-electron chi connectivity index (χ3n) is 3.94. The van der Waals surface area contributed by atoms with Gasteiger partial charge in [0.2, 0.25) is 0 Å². The smallest absolute Gasteiger partial charge is 0.196 e. The van der Waals surface area contributed by atoms with Crippen LogP contribution in [0.4, 0.5) is 5.69 Å². The number of guanidine groups is 1. The van der Waals surface area contributed by atoms with E-state index in [9.17, 15) is 0 Å². The maximum absolute atomic E-state index is 6.29. The predicted octanol–water partition coefficient (Wildman–Crippen LogP) is 2.02. The molecule has 0 amide bonds. The third kappa shape index (κ3) is 1.52. The second-order valence-electron chi connectivity index (χ2n) is 4.83.